The summed E-state index contributed by atoms with van der Waals surface area (Å²) < 4.78 is 5.20. The van der Waals surface area contributed by atoms with E-state index < -0.39 is 5.54 Å². The van der Waals surface area contributed by atoms with Gasteiger partial charge in [0, 0.05) is 11.8 Å². The molecule has 1 heterocycles. The van der Waals surface area contributed by atoms with Crippen LogP contribution in [0.25, 0.3) is 0 Å². The molecule has 1 atom stereocenters. The third-order valence-electron chi connectivity index (χ3n) is 2.66. The van der Waals surface area contributed by atoms with E-state index in [0.717, 1.165) is 35.2 Å². The SMILES string of the molecule is Cc1nsc(SCCCCC(C)(C#N)NC(C)C)n1. The first kappa shape index (κ1) is 16.4. The zero-order valence-corrected chi connectivity index (χ0v) is 13.7. The maximum Gasteiger partial charge on any atom is 0.170 e. The number of nitrogens with one attached hydrogen (secondary N) is 1. The van der Waals surface area contributed by atoms with E-state index in [2.05, 4.69) is 34.6 Å². The molecule has 0 saturated heterocycles. The predicted octanol–water partition coefficient (Wildman–Crippen LogP) is 3.39. The van der Waals surface area contributed by atoms with Gasteiger partial charge in [0.15, 0.2) is 4.34 Å². The Balaban J connectivity index is 2.21. The number of nitriles is 1. The van der Waals surface area contributed by atoms with Gasteiger partial charge < -0.3 is 0 Å². The molecule has 106 valence electrons. The van der Waals surface area contributed by atoms with Gasteiger partial charge >= 0.3 is 0 Å². The maximum absolute atomic E-state index is 9.24. The molecule has 0 fully saturated rings. The van der Waals surface area contributed by atoms with E-state index in [-0.39, 0.29) is 0 Å². The van der Waals surface area contributed by atoms with Crippen molar-refractivity contribution in [2.45, 2.75) is 62.9 Å². The van der Waals surface area contributed by atoms with Gasteiger partial charge in [0.05, 0.1) is 6.07 Å². The van der Waals surface area contributed by atoms with Gasteiger partial charge in [-0.1, -0.05) is 11.8 Å². The number of aryl methyl sites for hydroxylation is 1. The van der Waals surface area contributed by atoms with E-state index in [9.17, 15) is 5.26 Å². The monoisotopic (exact) mass is 298 g/mol. The largest absolute Gasteiger partial charge is 0.297 e. The van der Waals surface area contributed by atoms with Gasteiger partial charge in [0.2, 0.25) is 0 Å². The quantitative estimate of drug-likeness (QED) is 0.589. The summed E-state index contributed by atoms with van der Waals surface area (Å²) >= 11 is 3.22. The van der Waals surface area contributed by atoms with Crippen molar-refractivity contribution >= 4 is 23.3 Å². The molecule has 0 aliphatic heterocycles. The standard InChI is InChI=1S/C13H22N4S2/c1-10(2)16-13(4,9-14)7-5-6-8-18-12-15-11(3)17-19-12/h10,16H,5-8H2,1-4H3. The van der Waals surface area contributed by atoms with Crippen molar-refractivity contribution in [3.63, 3.8) is 0 Å². The highest BCUT2D eigenvalue weighted by Gasteiger charge is 2.23. The molecule has 0 bridgehead atoms. The van der Waals surface area contributed by atoms with Crippen LogP contribution in [0.1, 0.15) is 45.9 Å². The summed E-state index contributed by atoms with van der Waals surface area (Å²) in [6, 6.07) is 2.72. The molecular weight excluding hydrogens is 276 g/mol. The Bertz CT molecular complexity index is 425. The third kappa shape index (κ3) is 6.37. The van der Waals surface area contributed by atoms with Crippen LogP contribution < -0.4 is 5.32 Å². The lowest BCUT2D eigenvalue weighted by Crippen LogP contribution is -2.44. The van der Waals surface area contributed by atoms with Crippen LogP contribution >= 0.6 is 23.3 Å². The average molecular weight is 298 g/mol. The fraction of sp³-hybridized carbons (Fsp3) is 0.769. The van der Waals surface area contributed by atoms with Gasteiger partial charge in [-0.25, -0.2) is 4.98 Å². The van der Waals surface area contributed by atoms with Crippen LogP contribution in [-0.2, 0) is 0 Å². The van der Waals surface area contributed by atoms with E-state index >= 15 is 0 Å². The first-order valence-corrected chi connectivity index (χ1v) is 8.33. The Labute approximate surface area is 124 Å². The first-order chi connectivity index (χ1) is 8.95. The average Bonchev–Trinajstić information content (AvgIpc) is 2.74. The summed E-state index contributed by atoms with van der Waals surface area (Å²) in [5.74, 6) is 1.89. The Morgan fingerprint density at radius 3 is 2.74 bits per heavy atom. The second-order valence-corrected chi connectivity index (χ2v) is 7.25. The summed E-state index contributed by atoms with van der Waals surface area (Å²) in [7, 11) is 0. The second kappa shape index (κ2) is 7.83. The van der Waals surface area contributed by atoms with Crippen LogP contribution in [0.3, 0.4) is 0 Å². The van der Waals surface area contributed by atoms with Gasteiger partial charge in [-0.15, -0.1) is 0 Å². The topological polar surface area (TPSA) is 61.6 Å². The fourth-order valence-corrected chi connectivity index (χ4v) is 3.59. The Morgan fingerprint density at radius 1 is 1.47 bits per heavy atom. The molecule has 0 aliphatic rings. The summed E-state index contributed by atoms with van der Waals surface area (Å²) in [4.78, 5) is 4.32. The number of aromatic nitrogens is 2. The van der Waals surface area contributed by atoms with Gasteiger partial charge in [-0.3, -0.25) is 5.32 Å². The van der Waals surface area contributed by atoms with E-state index in [4.69, 9.17) is 0 Å². The summed E-state index contributed by atoms with van der Waals surface area (Å²) in [6.45, 7) is 8.04. The van der Waals surface area contributed by atoms with Gasteiger partial charge in [-0.05, 0) is 58.5 Å². The number of thioether (sulfide) groups is 1. The third-order valence-corrected chi connectivity index (χ3v) is 4.67. The minimum atomic E-state index is -0.405. The Morgan fingerprint density at radius 2 is 2.21 bits per heavy atom. The highest BCUT2D eigenvalue weighted by molar-refractivity contribution is 8.00. The van der Waals surface area contributed by atoms with Crippen molar-refractivity contribution in [3.8, 4) is 6.07 Å². The molecule has 1 aromatic heterocycles. The molecule has 4 nitrogen and oxygen atoms in total. The summed E-state index contributed by atoms with van der Waals surface area (Å²) in [6.07, 6.45) is 3.03. The van der Waals surface area contributed by atoms with Crippen LogP contribution in [0.5, 0.6) is 0 Å². The Hall–Kier alpha value is -0.640. The van der Waals surface area contributed by atoms with Gasteiger partial charge in [0.25, 0.3) is 0 Å². The molecule has 0 radical (unpaired) electrons. The van der Waals surface area contributed by atoms with Crippen LogP contribution in [-0.4, -0.2) is 26.7 Å². The zero-order chi connectivity index (χ0) is 14.3. The molecular formula is C13H22N4S2. The lowest BCUT2D eigenvalue weighted by atomic mass is 9.96. The second-order valence-electron chi connectivity index (χ2n) is 5.16. The van der Waals surface area contributed by atoms with Crippen molar-refractivity contribution < 1.29 is 0 Å². The molecule has 1 N–H and O–H groups in total. The van der Waals surface area contributed by atoms with Crippen LogP contribution in [0, 0.1) is 18.3 Å². The van der Waals surface area contributed by atoms with Gasteiger partial charge in [-0.2, -0.15) is 9.64 Å². The van der Waals surface area contributed by atoms with Crippen molar-refractivity contribution in [1.29, 1.82) is 5.26 Å². The zero-order valence-electron chi connectivity index (χ0n) is 12.1. The first-order valence-electron chi connectivity index (χ1n) is 6.57. The molecule has 19 heavy (non-hydrogen) atoms. The number of nitrogens with zero attached hydrogens (tertiary/aromatic N) is 3. The van der Waals surface area contributed by atoms with Crippen molar-refractivity contribution in [1.82, 2.24) is 14.7 Å². The van der Waals surface area contributed by atoms with Crippen molar-refractivity contribution in [2.75, 3.05) is 5.75 Å². The fourth-order valence-electron chi connectivity index (χ4n) is 1.87. The molecule has 6 heteroatoms. The highest BCUT2D eigenvalue weighted by Crippen LogP contribution is 2.22. The highest BCUT2D eigenvalue weighted by atomic mass is 32.2. The summed E-state index contributed by atoms with van der Waals surface area (Å²) in [5.41, 5.74) is -0.405. The van der Waals surface area contributed by atoms with E-state index in [0.29, 0.717) is 6.04 Å². The normalized spacial score (nSPS) is 14.3. The van der Waals surface area contributed by atoms with E-state index in [1.54, 1.807) is 11.8 Å². The van der Waals surface area contributed by atoms with E-state index in [1.807, 2.05) is 13.8 Å². The van der Waals surface area contributed by atoms with Crippen LogP contribution in [0.15, 0.2) is 4.34 Å². The number of unbranched alkanes of at least 4 members (excludes halogenated alkanes) is 1. The Kier molecular flexibility index (Phi) is 6.76. The lowest BCUT2D eigenvalue weighted by molar-refractivity contribution is 0.372. The minimum Gasteiger partial charge on any atom is -0.297 e. The van der Waals surface area contributed by atoms with Crippen molar-refractivity contribution in [2.24, 2.45) is 0 Å². The smallest absolute Gasteiger partial charge is 0.170 e. The molecule has 0 spiro atoms. The summed E-state index contributed by atoms with van der Waals surface area (Å²) in [5, 5.41) is 12.6. The predicted molar refractivity (Wildman–Crippen MR) is 81.5 cm³/mol. The molecule has 1 aromatic rings. The molecule has 1 rings (SSSR count). The number of hydrogen-bond acceptors (Lipinski definition) is 6. The van der Waals surface area contributed by atoms with Crippen molar-refractivity contribution in [3.05, 3.63) is 5.82 Å². The molecule has 1 unspecified atom stereocenters. The lowest BCUT2D eigenvalue weighted by Gasteiger charge is -2.25. The van der Waals surface area contributed by atoms with Gasteiger partial charge in [0.1, 0.15) is 11.4 Å². The number of rotatable bonds is 8. The molecule has 0 aliphatic carbocycles. The minimum absolute atomic E-state index is 0.336. The maximum atomic E-state index is 9.24. The van der Waals surface area contributed by atoms with E-state index in [1.165, 1.54) is 11.5 Å². The molecule has 0 amide bonds. The number of hydrogen-bond donors (Lipinski definition) is 1. The van der Waals surface area contributed by atoms with Crippen LogP contribution in [0.2, 0.25) is 0 Å². The van der Waals surface area contributed by atoms with Crippen LogP contribution in [0.4, 0.5) is 0 Å². The molecule has 0 saturated carbocycles. The molecule has 0 aromatic carbocycles.